The first kappa shape index (κ1) is 36.6. The predicted molar refractivity (Wildman–Crippen MR) is 177 cm³/mol. The number of hydrogen-bond acceptors (Lipinski definition) is 4. The minimum absolute atomic E-state index is 0.103. The molecule has 0 radical (unpaired) electrons. The third kappa shape index (κ3) is 8.88. The molecule has 5 heteroatoms. The Bertz CT molecular complexity index is 886. The number of aliphatic hydroxyl groups is 3. The van der Waals surface area contributed by atoms with Crippen molar-refractivity contribution >= 4 is 5.97 Å². The normalized spacial score (nSPS) is 36.1. The number of carboxylic acid groups (broad SMARTS) is 1. The predicted octanol–water partition coefficient (Wildman–Crippen LogP) is 8.79. The Balaban J connectivity index is 0.000000436. The Morgan fingerprint density at radius 1 is 0.953 bits per heavy atom. The average molecular weight is 605 g/mol. The number of rotatable bonds is 14. The Labute approximate surface area is 264 Å². The van der Waals surface area contributed by atoms with E-state index in [4.69, 9.17) is 10.2 Å². The van der Waals surface area contributed by atoms with Crippen LogP contribution in [0.25, 0.3) is 0 Å². The molecule has 0 bridgehead atoms. The van der Waals surface area contributed by atoms with Crippen molar-refractivity contribution in [1.29, 1.82) is 0 Å². The lowest BCUT2D eigenvalue weighted by Gasteiger charge is -2.58. The van der Waals surface area contributed by atoms with Crippen molar-refractivity contribution in [2.45, 2.75) is 163 Å². The summed E-state index contributed by atoms with van der Waals surface area (Å²) in [6, 6.07) is 0. The molecule has 0 spiro atoms. The summed E-state index contributed by atoms with van der Waals surface area (Å²) in [5.74, 6) is 4.16. The van der Waals surface area contributed by atoms with Gasteiger partial charge >= 0.3 is 5.97 Å². The topological polar surface area (TPSA) is 98.0 Å². The molecule has 3 saturated carbocycles. The first-order valence-corrected chi connectivity index (χ1v) is 18.3. The van der Waals surface area contributed by atoms with Crippen LogP contribution in [0.5, 0.6) is 0 Å². The highest BCUT2D eigenvalue weighted by Crippen LogP contribution is 2.67. The second kappa shape index (κ2) is 16.6. The summed E-state index contributed by atoms with van der Waals surface area (Å²) in [5.41, 5.74) is 2.47. The summed E-state index contributed by atoms with van der Waals surface area (Å²) in [6.07, 6.45) is 21.3. The highest BCUT2D eigenvalue weighted by molar-refractivity contribution is 5.69. The number of aliphatic hydroxyl groups excluding tert-OH is 3. The van der Waals surface area contributed by atoms with E-state index in [1.165, 1.54) is 57.8 Å². The van der Waals surface area contributed by atoms with Crippen molar-refractivity contribution in [1.82, 2.24) is 0 Å². The first-order valence-electron chi connectivity index (χ1n) is 18.3. The quantitative estimate of drug-likeness (QED) is 0.149. The summed E-state index contributed by atoms with van der Waals surface area (Å²) in [7, 11) is 0. The van der Waals surface area contributed by atoms with E-state index in [1.54, 1.807) is 5.57 Å². The fraction of sp³-hybridized carbons (Fsp3) is 0.921. The summed E-state index contributed by atoms with van der Waals surface area (Å²) >= 11 is 0. The maximum Gasteiger partial charge on any atom is 0.306 e. The third-order valence-corrected chi connectivity index (χ3v) is 13.1. The fourth-order valence-electron chi connectivity index (χ4n) is 10.3. The van der Waals surface area contributed by atoms with Gasteiger partial charge < -0.3 is 20.4 Å². The Kier molecular flexibility index (Phi) is 14.1. The molecule has 4 aliphatic rings. The van der Waals surface area contributed by atoms with E-state index in [1.807, 2.05) is 6.92 Å². The van der Waals surface area contributed by atoms with Gasteiger partial charge in [0.15, 0.2) is 0 Å². The van der Waals surface area contributed by atoms with E-state index in [9.17, 15) is 15.0 Å². The molecule has 4 unspecified atom stereocenters. The second-order valence-corrected chi connectivity index (χ2v) is 15.9. The minimum atomic E-state index is -0.643. The van der Waals surface area contributed by atoms with Gasteiger partial charge in [0.05, 0.1) is 24.7 Å². The van der Waals surface area contributed by atoms with Gasteiger partial charge in [0.25, 0.3) is 0 Å². The van der Waals surface area contributed by atoms with Crippen LogP contribution in [0.4, 0.5) is 0 Å². The molecule has 0 aromatic carbocycles. The molecular weight excluding hydrogens is 536 g/mol. The van der Waals surface area contributed by atoms with E-state index in [2.05, 4.69) is 40.7 Å². The monoisotopic (exact) mass is 605 g/mol. The highest BCUT2D eigenvalue weighted by atomic mass is 16.4. The van der Waals surface area contributed by atoms with Crippen LogP contribution in [0.2, 0.25) is 0 Å². The molecule has 4 rings (SSSR count). The SMILES string of the molecule is CC(CCCC(C)[C@H]1CC[C@H]2[C@@H]3CC=C4C[C@@H](O)CC[C@]4(C)[C@H]3CC[C@]12C)CCC(O)CO.CCCCC(CC)C(=O)O. The number of unbranched alkanes of at least 4 members (excludes halogenated alkanes) is 1. The van der Waals surface area contributed by atoms with E-state index >= 15 is 0 Å². The van der Waals surface area contributed by atoms with Gasteiger partial charge in [-0.15, -0.1) is 0 Å². The second-order valence-electron chi connectivity index (χ2n) is 15.9. The maximum absolute atomic E-state index is 10.4. The van der Waals surface area contributed by atoms with Crippen LogP contribution in [0.3, 0.4) is 0 Å². The van der Waals surface area contributed by atoms with Gasteiger partial charge in [0.2, 0.25) is 0 Å². The van der Waals surface area contributed by atoms with Crippen molar-refractivity contribution in [3.63, 3.8) is 0 Å². The van der Waals surface area contributed by atoms with Gasteiger partial charge in [-0.05, 0) is 123 Å². The number of aliphatic carboxylic acids is 1. The van der Waals surface area contributed by atoms with Crippen LogP contribution in [0.1, 0.15) is 151 Å². The molecule has 11 atom stereocenters. The summed E-state index contributed by atoms with van der Waals surface area (Å²) < 4.78 is 0. The standard InChI is InChI=1S/C30H52O3.C8H16O2/c1-20(8-10-24(33)19-31)6-5-7-21(2)26-12-13-27-25-11-9-22-18-23(32)14-16-29(22,3)28(25)15-17-30(26,27)4;1-3-5-6-7(4-2)8(9)10/h9,20-21,23-28,31-33H,5-8,10-19H2,1-4H3;7H,3-6H2,1-2H3,(H,9,10)/t20?,21?,23-,24?,25-,26+,27-,28-,29-,30+;/m0./s1. The van der Waals surface area contributed by atoms with E-state index < -0.39 is 12.1 Å². The molecule has 3 fully saturated rings. The smallest absolute Gasteiger partial charge is 0.306 e. The van der Waals surface area contributed by atoms with Gasteiger partial charge in [-0.1, -0.05) is 85.3 Å². The number of fused-ring (bicyclic) bond motifs is 5. The van der Waals surface area contributed by atoms with Crippen LogP contribution in [-0.4, -0.2) is 45.2 Å². The van der Waals surface area contributed by atoms with E-state index in [0.717, 1.165) is 81.0 Å². The zero-order valence-corrected chi connectivity index (χ0v) is 28.7. The van der Waals surface area contributed by atoms with Crippen LogP contribution in [-0.2, 0) is 4.79 Å². The molecule has 0 saturated heterocycles. The lowest BCUT2D eigenvalue weighted by Crippen LogP contribution is -2.50. The Hall–Kier alpha value is -0.910. The molecule has 250 valence electrons. The van der Waals surface area contributed by atoms with Crippen molar-refractivity contribution in [3.8, 4) is 0 Å². The molecule has 43 heavy (non-hydrogen) atoms. The van der Waals surface area contributed by atoms with Crippen molar-refractivity contribution in [2.75, 3.05) is 6.61 Å². The lowest BCUT2D eigenvalue weighted by molar-refractivity contribution is -0.142. The number of carbonyl (C=O) groups is 1. The van der Waals surface area contributed by atoms with E-state index in [-0.39, 0.29) is 18.6 Å². The van der Waals surface area contributed by atoms with Crippen LogP contribution >= 0.6 is 0 Å². The number of carboxylic acids is 1. The molecular formula is C38H68O5. The first-order chi connectivity index (χ1) is 20.4. The zero-order chi connectivity index (χ0) is 31.8. The van der Waals surface area contributed by atoms with Crippen molar-refractivity contribution < 1.29 is 25.2 Å². The molecule has 0 aromatic rings. The molecule has 0 aliphatic heterocycles. The van der Waals surface area contributed by atoms with Gasteiger partial charge in [-0.2, -0.15) is 0 Å². The van der Waals surface area contributed by atoms with Crippen molar-refractivity contribution in [2.24, 2.45) is 52.3 Å². The summed E-state index contributed by atoms with van der Waals surface area (Å²) in [5, 5.41) is 37.5. The molecule has 0 amide bonds. The zero-order valence-electron chi connectivity index (χ0n) is 28.7. The fourth-order valence-corrected chi connectivity index (χ4v) is 10.3. The van der Waals surface area contributed by atoms with Crippen molar-refractivity contribution in [3.05, 3.63) is 11.6 Å². The Morgan fingerprint density at radius 2 is 1.70 bits per heavy atom. The number of hydrogen-bond donors (Lipinski definition) is 4. The van der Waals surface area contributed by atoms with Crippen LogP contribution in [0.15, 0.2) is 11.6 Å². The van der Waals surface area contributed by atoms with E-state index in [0.29, 0.717) is 16.7 Å². The summed E-state index contributed by atoms with van der Waals surface area (Å²) in [6.45, 7) is 13.9. The highest BCUT2D eigenvalue weighted by Gasteiger charge is 2.59. The average Bonchev–Trinajstić information content (AvgIpc) is 3.34. The third-order valence-electron chi connectivity index (χ3n) is 13.1. The molecule has 0 aromatic heterocycles. The van der Waals surface area contributed by atoms with Gasteiger partial charge in [-0.3, -0.25) is 4.79 Å². The molecule has 4 aliphatic carbocycles. The van der Waals surface area contributed by atoms with Crippen LogP contribution < -0.4 is 0 Å². The van der Waals surface area contributed by atoms with Gasteiger partial charge in [-0.25, -0.2) is 0 Å². The lowest BCUT2D eigenvalue weighted by atomic mass is 9.47. The molecule has 4 N–H and O–H groups in total. The van der Waals surface area contributed by atoms with Gasteiger partial charge in [0, 0.05) is 0 Å². The number of allylic oxidation sites excluding steroid dienone is 1. The minimum Gasteiger partial charge on any atom is -0.481 e. The van der Waals surface area contributed by atoms with Crippen LogP contribution in [0, 0.1) is 52.3 Å². The summed E-state index contributed by atoms with van der Waals surface area (Å²) in [4.78, 5) is 10.4. The molecule has 5 nitrogen and oxygen atoms in total. The Morgan fingerprint density at radius 3 is 2.35 bits per heavy atom. The largest absolute Gasteiger partial charge is 0.481 e. The molecule has 0 heterocycles. The van der Waals surface area contributed by atoms with Gasteiger partial charge in [0.1, 0.15) is 0 Å². The maximum atomic E-state index is 10.4.